The van der Waals surface area contributed by atoms with Crippen LogP contribution in [0.4, 0.5) is 13.2 Å². The van der Waals surface area contributed by atoms with Crippen LogP contribution in [-0.4, -0.2) is 44.3 Å². The number of nitrogens with one attached hydrogen (secondary N) is 1. The molecule has 3 atom stereocenters. The van der Waals surface area contributed by atoms with Gasteiger partial charge in [0.05, 0.1) is 12.2 Å². The fraction of sp³-hybridized carbons (Fsp3) is 0.385. The summed E-state index contributed by atoms with van der Waals surface area (Å²) in [6.45, 7) is 6.14. The third-order valence-electron chi connectivity index (χ3n) is 6.56. The molecule has 0 radical (unpaired) electrons. The number of hydrogen-bond donors (Lipinski definition) is 1. The van der Waals surface area contributed by atoms with Gasteiger partial charge in [0.25, 0.3) is 0 Å². The van der Waals surface area contributed by atoms with Gasteiger partial charge in [-0.1, -0.05) is 43.3 Å². The van der Waals surface area contributed by atoms with Gasteiger partial charge >= 0.3 is 0 Å². The quantitative estimate of drug-likeness (QED) is 0.488. The maximum Gasteiger partial charge on any atom is 0.248 e. The first-order valence-electron chi connectivity index (χ1n) is 11.9. The van der Waals surface area contributed by atoms with Gasteiger partial charge in [0.2, 0.25) is 11.8 Å². The highest BCUT2D eigenvalue weighted by Gasteiger charge is 2.39. The third kappa shape index (κ3) is 4.98. The monoisotopic (exact) mass is 499 g/mol. The second kappa shape index (κ2) is 10.5. The zero-order chi connectivity index (χ0) is 26.0. The van der Waals surface area contributed by atoms with Crippen molar-refractivity contribution in [3.63, 3.8) is 0 Å². The maximum absolute atomic E-state index is 14.1. The van der Waals surface area contributed by atoms with Gasteiger partial charge in [-0.3, -0.25) is 9.59 Å². The van der Waals surface area contributed by atoms with Crippen molar-refractivity contribution in [3.05, 3.63) is 71.8 Å². The topological polar surface area (TPSA) is 80.1 Å². The fourth-order valence-electron chi connectivity index (χ4n) is 4.64. The number of aromatic nitrogens is 3. The van der Waals surface area contributed by atoms with Crippen molar-refractivity contribution in [3.8, 4) is 11.1 Å². The van der Waals surface area contributed by atoms with Crippen molar-refractivity contribution < 1.29 is 22.8 Å². The summed E-state index contributed by atoms with van der Waals surface area (Å²) in [7, 11) is 0. The molecule has 10 heteroatoms. The van der Waals surface area contributed by atoms with Crippen LogP contribution in [0.3, 0.4) is 0 Å². The molecule has 7 nitrogen and oxygen atoms in total. The number of halogens is 3. The van der Waals surface area contributed by atoms with Crippen LogP contribution in [0.1, 0.15) is 51.3 Å². The number of amides is 2. The molecule has 0 bridgehead atoms. The van der Waals surface area contributed by atoms with E-state index in [1.807, 2.05) is 13.8 Å². The number of carbonyl (C=O) groups excluding carboxylic acids is 2. The molecule has 1 aliphatic heterocycles. The van der Waals surface area contributed by atoms with E-state index >= 15 is 0 Å². The first kappa shape index (κ1) is 25.4. The first-order chi connectivity index (χ1) is 17.2. The summed E-state index contributed by atoms with van der Waals surface area (Å²) in [6, 6.07) is 7.08. The van der Waals surface area contributed by atoms with E-state index in [1.165, 1.54) is 16.9 Å². The minimum atomic E-state index is -1.52. The highest BCUT2D eigenvalue weighted by atomic mass is 19.2. The number of hydrogen-bond acceptors (Lipinski definition) is 4. The second-order valence-corrected chi connectivity index (χ2v) is 9.34. The van der Waals surface area contributed by atoms with Gasteiger partial charge in [0.15, 0.2) is 17.5 Å². The minimum Gasteiger partial charge on any atom is -0.348 e. The average Bonchev–Trinajstić information content (AvgIpc) is 3.55. The highest BCUT2D eigenvalue weighted by Crippen LogP contribution is 2.29. The number of likely N-dealkylation sites (tertiary alicyclic amines) is 1. The molecule has 0 saturated carbocycles. The molecular weight excluding hydrogens is 471 g/mol. The largest absolute Gasteiger partial charge is 0.348 e. The lowest BCUT2D eigenvalue weighted by molar-refractivity contribution is -0.142. The van der Waals surface area contributed by atoms with Crippen molar-refractivity contribution in [1.82, 2.24) is 25.2 Å². The van der Waals surface area contributed by atoms with Gasteiger partial charge in [0.1, 0.15) is 12.1 Å². The van der Waals surface area contributed by atoms with E-state index in [1.54, 1.807) is 42.3 Å². The fourth-order valence-corrected chi connectivity index (χ4v) is 4.64. The Morgan fingerprint density at radius 3 is 2.39 bits per heavy atom. The summed E-state index contributed by atoms with van der Waals surface area (Å²) in [5, 5.41) is 10.8. The molecule has 1 aromatic heterocycles. The van der Waals surface area contributed by atoms with Gasteiger partial charge in [-0.2, -0.15) is 0 Å². The SMILES string of the molecule is CC(NC(=O)C1CCCN1C(=O)C(C(C)C)n1ccnn1)c1ccc(-c2ccc(F)c(F)c2F)cc1. The van der Waals surface area contributed by atoms with Gasteiger partial charge in [0, 0.05) is 18.3 Å². The molecule has 2 amide bonds. The van der Waals surface area contributed by atoms with Crippen molar-refractivity contribution in [1.29, 1.82) is 0 Å². The molecule has 1 saturated heterocycles. The van der Waals surface area contributed by atoms with Gasteiger partial charge in [-0.05, 0) is 48.9 Å². The number of carbonyl (C=O) groups is 2. The molecule has 190 valence electrons. The van der Waals surface area contributed by atoms with Gasteiger partial charge in [-0.25, -0.2) is 17.9 Å². The van der Waals surface area contributed by atoms with E-state index in [9.17, 15) is 22.8 Å². The summed E-state index contributed by atoms with van der Waals surface area (Å²) in [6.07, 6.45) is 4.44. The number of rotatable bonds is 7. The molecule has 0 spiro atoms. The first-order valence-corrected chi connectivity index (χ1v) is 11.9. The molecule has 1 fully saturated rings. The zero-order valence-electron chi connectivity index (χ0n) is 20.3. The molecule has 0 aliphatic carbocycles. The molecule has 3 aromatic rings. The van der Waals surface area contributed by atoms with E-state index < -0.39 is 35.6 Å². The van der Waals surface area contributed by atoms with Crippen LogP contribution in [0, 0.1) is 23.4 Å². The van der Waals surface area contributed by atoms with Crippen LogP contribution in [0.5, 0.6) is 0 Å². The Balaban J connectivity index is 1.45. The standard InChI is InChI=1S/C26H28F3N5O2/c1-15(2)24(34-14-12-30-32-34)26(36)33-13-4-5-21(33)25(35)31-16(3)17-6-8-18(9-7-17)19-10-11-20(27)23(29)22(19)28/h6-12,14-16,21,24H,4-5,13H2,1-3H3,(H,31,35). The van der Waals surface area contributed by atoms with Crippen LogP contribution in [-0.2, 0) is 9.59 Å². The minimum absolute atomic E-state index is 0.0413. The molecule has 36 heavy (non-hydrogen) atoms. The molecule has 3 unspecified atom stereocenters. The highest BCUT2D eigenvalue weighted by molar-refractivity contribution is 5.90. The Hall–Kier alpha value is -3.69. The molecular formula is C26H28F3N5O2. The summed E-state index contributed by atoms with van der Waals surface area (Å²) in [4.78, 5) is 28.2. The summed E-state index contributed by atoms with van der Waals surface area (Å²) < 4.78 is 42.5. The molecule has 4 rings (SSSR count). The summed E-state index contributed by atoms with van der Waals surface area (Å²) >= 11 is 0. The molecule has 1 aliphatic rings. The molecule has 2 heterocycles. The van der Waals surface area contributed by atoms with Crippen LogP contribution >= 0.6 is 0 Å². The van der Waals surface area contributed by atoms with E-state index in [2.05, 4.69) is 15.6 Å². The maximum atomic E-state index is 14.1. The summed E-state index contributed by atoms with van der Waals surface area (Å²) in [5.74, 6) is -4.48. The Morgan fingerprint density at radius 2 is 1.75 bits per heavy atom. The zero-order valence-corrected chi connectivity index (χ0v) is 20.3. The predicted molar refractivity (Wildman–Crippen MR) is 127 cm³/mol. The van der Waals surface area contributed by atoms with Gasteiger partial charge in [-0.15, -0.1) is 5.10 Å². The molecule has 1 N–H and O–H groups in total. The average molecular weight is 500 g/mol. The molecule has 2 aromatic carbocycles. The van der Waals surface area contributed by atoms with Crippen molar-refractivity contribution in [2.24, 2.45) is 5.92 Å². The lowest BCUT2D eigenvalue weighted by Gasteiger charge is -2.30. The van der Waals surface area contributed by atoms with Crippen molar-refractivity contribution >= 4 is 11.8 Å². The van der Waals surface area contributed by atoms with Crippen LogP contribution in [0.2, 0.25) is 0 Å². The van der Waals surface area contributed by atoms with Crippen molar-refractivity contribution in [2.75, 3.05) is 6.54 Å². The predicted octanol–water partition coefficient (Wildman–Crippen LogP) is 4.43. The van der Waals surface area contributed by atoms with E-state index in [-0.39, 0.29) is 23.3 Å². The van der Waals surface area contributed by atoms with Crippen molar-refractivity contribution in [2.45, 2.75) is 51.7 Å². The number of benzene rings is 2. The van der Waals surface area contributed by atoms with Crippen LogP contribution in [0.25, 0.3) is 11.1 Å². The normalized spacial score (nSPS) is 17.3. The third-order valence-corrected chi connectivity index (χ3v) is 6.56. The van der Waals surface area contributed by atoms with Gasteiger partial charge < -0.3 is 10.2 Å². The van der Waals surface area contributed by atoms with E-state index in [0.29, 0.717) is 18.5 Å². The second-order valence-electron chi connectivity index (χ2n) is 9.34. The Labute approximate surface area is 207 Å². The lowest BCUT2D eigenvalue weighted by Crippen LogP contribution is -2.49. The smallest absolute Gasteiger partial charge is 0.248 e. The van der Waals surface area contributed by atoms with Crippen LogP contribution < -0.4 is 5.32 Å². The number of nitrogens with zero attached hydrogens (tertiary/aromatic N) is 4. The lowest BCUT2D eigenvalue weighted by atomic mass is 10.00. The Bertz CT molecular complexity index is 1230. The Morgan fingerprint density at radius 1 is 1.03 bits per heavy atom. The van der Waals surface area contributed by atoms with Crippen LogP contribution in [0.15, 0.2) is 48.8 Å². The van der Waals surface area contributed by atoms with E-state index in [4.69, 9.17) is 0 Å². The van der Waals surface area contributed by atoms with E-state index in [0.717, 1.165) is 18.1 Å². The summed E-state index contributed by atoms with van der Waals surface area (Å²) in [5.41, 5.74) is 1.08. The Kier molecular flexibility index (Phi) is 7.42.